The van der Waals surface area contributed by atoms with Crippen LogP contribution in [-0.4, -0.2) is 63.0 Å². The number of hydrogen-bond acceptors (Lipinski definition) is 8. The van der Waals surface area contributed by atoms with Gasteiger partial charge in [-0.2, -0.15) is 4.39 Å². The monoisotopic (exact) mass is 573 g/mol. The molecular weight excluding hydrogens is 537 g/mol. The first-order valence-electron chi connectivity index (χ1n) is 13.7. The van der Waals surface area contributed by atoms with Crippen LogP contribution in [0, 0.1) is 11.9 Å². The summed E-state index contributed by atoms with van der Waals surface area (Å²) in [6.45, 7) is 6.24. The summed E-state index contributed by atoms with van der Waals surface area (Å²) in [6.07, 6.45) is 11.3. The van der Waals surface area contributed by atoms with Crippen LogP contribution in [0.5, 0.6) is 0 Å². The van der Waals surface area contributed by atoms with Crippen molar-refractivity contribution < 1.29 is 18.7 Å². The molecule has 4 aromatic heterocycles. The zero-order valence-corrected chi connectivity index (χ0v) is 24.4. The van der Waals surface area contributed by atoms with Crippen LogP contribution in [0.25, 0.3) is 33.3 Å². The summed E-state index contributed by atoms with van der Waals surface area (Å²) in [6, 6.07) is 5.99. The number of rotatable bonds is 11. The molecule has 220 valence electrons. The van der Waals surface area contributed by atoms with Crippen molar-refractivity contribution in [3.8, 4) is 22.3 Å². The molecule has 0 saturated carbocycles. The van der Waals surface area contributed by atoms with Crippen molar-refractivity contribution in [2.45, 2.75) is 39.5 Å². The number of aromatic nitrogens is 4. The molecule has 0 fully saturated rings. The Hall–Kier alpha value is -4.48. The maximum Gasteiger partial charge on any atom is 0.325 e. The maximum absolute atomic E-state index is 14.1. The third-order valence-corrected chi connectivity index (χ3v) is 6.99. The van der Waals surface area contributed by atoms with Crippen LogP contribution in [0.4, 0.5) is 10.1 Å². The van der Waals surface area contributed by atoms with Gasteiger partial charge in [0.05, 0.1) is 11.9 Å². The summed E-state index contributed by atoms with van der Waals surface area (Å²) in [5, 5.41) is 3.53. The van der Waals surface area contributed by atoms with Crippen molar-refractivity contribution in [2.24, 2.45) is 11.7 Å². The molecule has 0 saturated heterocycles. The van der Waals surface area contributed by atoms with Gasteiger partial charge in [-0.3, -0.25) is 19.1 Å². The first-order valence-corrected chi connectivity index (χ1v) is 13.7. The number of halogens is 1. The number of esters is 1. The van der Waals surface area contributed by atoms with Crippen molar-refractivity contribution in [3.63, 3.8) is 0 Å². The van der Waals surface area contributed by atoms with E-state index in [2.05, 4.69) is 15.3 Å². The van der Waals surface area contributed by atoms with E-state index in [1.54, 1.807) is 54.5 Å². The van der Waals surface area contributed by atoms with E-state index in [1.165, 1.54) is 18.3 Å². The lowest BCUT2D eigenvalue weighted by Crippen LogP contribution is -2.38. The van der Waals surface area contributed by atoms with E-state index in [0.717, 1.165) is 17.5 Å². The van der Waals surface area contributed by atoms with Crippen LogP contribution in [0.1, 0.15) is 33.4 Å². The Morgan fingerprint density at radius 2 is 1.88 bits per heavy atom. The minimum absolute atomic E-state index is 0.0367. The third-order valence-electron chi connectivity index (χ3n) is 6.99. The molecule has 0 spiro atoms. The van der Waals surface area contributed by atoms with E-state index in [1.807, 2.05) is 38.9 Å². The van der Waals surface area contributed by atoms with Gasteiger partial charge < -0.3 is 20.7 Å². The quantitative estimate of drug-likeness (QED) is 0.149. The van der Waals surface area contributed by atoms with E-state index in [4.69, 9.17) is 15.5 Å². The van der Waals surface area contributed by atoms with Gasteiger partial charge in [0.25, 0.3) is 0 Å². The SMILES string of the molecule is CCC(C)C(N)C(=O)O[C@@H](C)n1cc(-c2ccnc(F)c2)c2cc(-c3cncc(NC(=O)/C=C/CN(C)C)c3)cnc21. The fraction of sp³-hybridized carbons (Fsp3) is 0.323. The highest BCUT2D eigenvalue weighted by Gasteiger charge is 2.25. The zero-order chi connectivity index (χ0) is 30.4. The van der Waals surface area contributed by atoms with Gasteiger partial charge in [-0.25, -0.2) is 9.97 Å². The number of amides is 1. The van der Waals surface area contributed by atoms with Gasteiger partial charge in [0.1, 0.15) is 11.7 Å². The summed E-state index contributed by atoms with van der Waals surface area (Å²) in [5.41, 5.74) is 9.88. The first-order chi connectivity index (χ1) is 20.1. The van der Waals surface area contributed by atoms with E-state index in [0.29, 0.717) is 34.4 Å². The summed E-state index contributed by atoms with van der Waals surface area (Å²) < 4.78 is 21.6. The molecule has 42 heavy (non-hydrogen) atoms. The fourth-order valence-corrected chi connectivity index (χ4v) is 4.38. The number of carbonyl (C=O) groups is 2. The molecule has 1 amide bonds. The summed E-state index contributed by atoms with van der Waals surface area (Å²) in [5.74, 6) is -1.43. The standard InChI is InChI=1S/C31H36FN7O3/c1-6-19(2)29(33)31(41)42-20(3)39-18-26(21-9-10-35-27(32)14-21)25-13-23(16-36-30(25)39)22-12-24(17-34-15-22)37-28(40)8-7-11-38(4)5/h7-10,12-20,29H,6,11,33H2,1-5H3,(H,37,40)/b8-7+/t19?,20-,29?/m0/s1. The number of likely N-dealkylation sites (N-methyl/N-ethyl adjacent to an activating group) is 1. The van der Waals surface area contributed by atoms with Crippen molar-refractivity contribution in [2.75, 3.05) is 26.0 Å². The predicted octanol–water partition coefficient (Wildman–Crippen LogP) is 4.79. The van der Waals surface area contributed by atoms with Crippen molar-refractivity contribution in [1.29, 1.82) is 0 Å². The minimum atomic E-state index is -0.753. The molecule has 0 aliphatic rings. The van der Waals surface area contributed by atoms with E-state index >= 15 is 0 Å². The van der Waals surface area contributed by atoms with Crippen LogP contribution < -0.4 is 11.1 Å². The molecule has 4 heterocycles. The van der Waals surface area contributed by atoms with Crippen LogP contribution in [0.15, 0.2) is 67.4 Å². The Labute approximate surface area is 244 Å². The number of nitrogens with one attached hydrogen (secondary N) is 1. The van der Waals surface area contributed by atoms with Crippen LogP contribution >= 0.6 is 0 Å². The van der Waals surface area contributed by atoms with E-state index in [-0.39, 0.29) is 11.8 Å². The van der Waals surface area contributed by atoms with Gasteiger partial charge in [-0.15, -0.1) is 0 Å². The topological polar surface area (TPSA) is 128 Å². The lowest BCUT2D eigenvalue weighted by atomic mass is 10.0. The van der Waals surface area contributed by atoms with Gasteiger partial charge in [-0.1, -0.05) is 26.3 Å². The highest BCUT2D eigenvalue weighted by atomic mass is 19.1. The van der Waals surface area contributed by atoms with Gasteiger partial charge in [0.15, 0.2) is 6.23 Å². The summed E-state index contributed by atoms with van der Waals surface area (Å²) in [4.78, 5) is 39.7. The van der Waals surface area contributed by atoms with Crippen LogP contribution in [0.3, 0.4) is 0 Å². The first kappa shape index (κ1) is 30.5. The lowest BCUT2D eigenvalue weighted by molar-refractivity contribution is -0.155. The van der Waals surface area contributed by atoms with Gasteiger partial charge in [0.2, 0.25) is 11.9 Å². The molecule has 0 aliphatic carbocycles. The summed E-state index contributed by atoms with van der Waals surface area (Å²) >= 11 is 0. The Morgan fingerprint density at radius 1 is 1.12 bits per heavy atom. The number of anilines is 1. The predicted molar refractivity (Wildman–Crippen MR) is 161 cm³/mol. The van der Waals surface area contributed by atoms with Gasteiger partial charge >= 0.3 is 5.97 Å². The van der Waals surface area contributed by atoms with Crippen LogP contribution in [0.2, 0.25) is 0 Å². The molecule has 4 rings (SSSR count). The molecule has 0 aliphatic heterocycles. The number of hydrogen-bond donors (Lipinski definition) is 2. The number of pyridine rings is 3. The molecular formula is C31H36FN7O3. The van der Waals surface area contributed by atoms with Crippen molar-refractivity contribution in [3.05, 3.63) is 73.3 Å². The molecule has 3 atom stereocenters. The van der Waals surface area contributed by atoms with Crippen LogP contribution in [-0.2, 0) is 14.3 Å². The average Bonchev–Trinajstić information content (AvgIpc) is 3.35. The second kappa shape index (κ2) is 13.5. The second-order valence-corrected chi connectivity index (χ2v) is 10.5. The Morgan fingerprint density at radius 3 is 2.60 bits per heavy atom. The molecule has 3 N–H and O–H groups in total. The Kier molecular flexibility index (Phi) is 9.76. The molecule has 10 nitrogen and oxygen atoms in total. The number of nitrogens with zero attached hydrogens (tertiary/aromatic N) is 5. The smallest absolute Gasteiger partial charge is 0.325 e. The second-order valence-electron chi connectivity index (χ2n) is 10.5. The number of carbonyl (C=O) groups excluding carboxylic acids is 2. The van der Waals surface area contributed by atoms with E-state index < -0.39 is 24.2 Å². The van der Waals surface area contributed by atoms with Crippen molar-refractivity contribution in [1.82, 2.24) is 24.4 Å². The largest absolute Gasteiger partial charge is 0.440 e. The highest BCUT2D eigenvalue weighted by molar-refractivity contribution is 6.00. The third kappa shape index (κ3) is 7.23. The lowest BCUT2D eigenvalue weighted by Gasteiger charge is -2.21. The van der Waals surface area contributed by atoms with Crippen molar-refractivity contribution >= 4 is 28.6 Å². The van der Waals surface area contributed by atoms with Gasteiger partial charge in [-0.05, 0) is 50.7 Å². The van der Waals surface area contributed by atoms with E-state index in [9.17, 15) is 14.0 Å². The number of ether oxygens (including phenoxy) is 1. The highest BCUT2D eigenvalue weighted by Crippen LogP contribution is 2.35. The maximum atomic E-state index is 14.1. The number of nitrogens with two attached hydrogens (primary N) is 1. The van der Waals surface area contributed by atoms with Gasteiger partial charge in [0, 0.05) is 65.6 Å². The Balaban J connectivity index is 1.70. The molecule has 0 aromatic carbocycles. The minimum Gasteiger partial charge on any atom is -0.440 e. The fourth-order valence-electron chi connectivity index (χ4n) is 4.38. The molecule has 0 bridgehead atoms. The molecule has 11 heteroatoms. The average molecular weight is 574 g/mol. The molecule has 4 aromatic rings. The molecule has 2 unspecified atom stereocenters. The number of fused-ring (bicyclic) bond motifs is 1. The summed E-state index contributed by atoms with van der Waals surface area (Å²) in [7, 11) is 3.84. The normalized spacial score (nSPS) is 13.8. The zero-order valence-electron chi connectivity index (χ0n) is 24.4. The molecule has 0 radical (unpaired) electrons. The Bertz CT molecular complexity index is 1600.